The number of thiophene rings is 1. The van der Waals surface area contributed by atoms with Crippen molar-refractivity contribution in [2.24, 2.45) is 0 Å². The highest BCUT2D eigenvalue weighted by molar-refractivity contribution is 7.08. The average molecular weight is 262 g/mol. The first-order valence-electron chi connectivity index (χ1n) is 5.14. The molecule has 5 heteroatoms. The van der Waals surface area contributed by atoms with E-state index >= 15 is 0 Å². The summed E-state index contributed by atoms with van der Waals surface area (Å²) in [4.78, 5) is 11.8. The Kier molecular flexibility index (Phi) is 2.41. The van der Waals surface area contributed by atoms with Gasteiger partial charge in [-0.3, -0.25) is 0 Å². The molecule has 0 aliphatic heterocycles. The minimum Gasteiger partial charge on any atom is -0.505 e. The van der Waals surface area contributed by atoms with Crippen LogP contribution in [0.25, 0.3) is 22.1 Å². The molecule has 18 heavy (non-hydrogen) atoms. The fraction of sp³-hybridized carbons (Fsp3) is 0. The molecule has 0 bridgehead atoms. The second-order valence-corrected chi connectivity index (χ2v) is 4.58. The molecule has 0 saturated carbocycles. The molecular formula is C13H7FO3S. The number of aromatic hydroxyl groups is 1. The maximum Gasteiger partial charge on any atom is 0.344 e. The van der Waals surface area contributed by atoms with E-state index in [9.17, 15) is 14.3 Å². The predicted molar refractivity (Wildman–Crippen MR) is 67.4 cm³/mol. The lowest BCUT2D eigenvalue weighted by atomic mass is 10.1. The van der Waals surface area contributed by atoms with E-state index in [1.807, 2.05) is 10.8 Å². The SMILES string of the molecule is O=c1oc2cc(O)c(F)cc2cc1-c1ccsc1. The first kappa shape index (κ1) is 11.0. The van der Waals surface area contributed by atoms with E-state index in [1.165, 1.54) is 11.3 Å². The summed E-state index contributed by atoms with van der Waals surface area (Å²) in [5.41, 5.74) is 0.780. The predicted octanol–water partition coefficient (Wildman–Crippen LogP) is 3.37. The summed E-state index contributed by atoms with van der Waals surface area (Å²) in [7, 11) is 0. The molecule has 1 N–H and O–H groups in total. The van der Waals surface area contributed by atoms with Crippen molar-refractivity contribution in [2.75, 3.05) is 0 Å². The van der Waals surface area contributed by atoms with E-state index in [0.717, 1.165) is 17.7 Å². The van der Waals surface area contributed by atoms with Crippen LogP contribution in [0.15, 0.2) is 44.2 Å². The zero-order valence-corrected chi connectivity index (χ0v) is 9.83. The summed E-state index contributed by atoms with van der Waals surface area (Å²) >= 11 is 1.46. The van der Waals surface area contributed by atoms with Gasteiger partial charge in [0.25, 0.3) is 0 Å². The van der Waals surface area contributed by atoms with E-state index in [2.05, 4.69) is 0 Å². The van der Waals surface area contributed by atoms with Crippen molar-refractivity contribution in [2.45, 2.75) is 0 Å². The van der Waals surface area contributed by atoms with Crippen LogP contribution in [0.4, 0.5) is 4.39 Å². The molecule has 1 aromatic carbocycles. The number of fused-ring (bicyclic) bond motifs is 1. The molecular weight excluding hydrogens is 255 g/mol. The Labute approximate surface area is 105 Å². The number of benzene rings is 1. The first-order chi connectivity index (χ1) is 8.65. The van der Waals surface area contributed by atoms with Crippen molar-refractivity contribution in [1.29, 1.82) is 0 Å². The summed E-state index contributed by atoms with van der Waals surface area (Å²) in [6.45, 7) is 0. The van der Waals surface area contributed by atoms with Crippen molar-refractivity contribution in [3.63, 3.8) is 0 Å². The van der Waals surface area contributed by atoms with Crippen LogP contribution in [0.2, 0.25) is 0 Å². The number of hydrogen-bond acceptors (Lipinski definition) is 4. The van der Waals surface area contributed by atoms with Crippen LogP contribution in [0.5, 0.6) is 5.75 Å². The van der Waals surface area contributed by atoms with Gasteiger partial charge in [0.1, 0.15) is 5.58 Å². The van der Waals surface area contributed by atoms with E-state index in [-0.39, 0.29) is 5.58 Å². The Bertz CT molecular complexity index is 775. The molecule has 0 aliphatic carbocycles. The highest BCUT2D eigenvalue weighted by Crippen LogP contribution is 2.26. The van der Waals surface area contributed by atoms with Gasteiger partial charge in [0.15, 0.2) is 11.6 Å². The second-order valence-electron chi connectivity index (χ2n) is 3.80. The zero-order valence-electron chi connectivity index (χ0n) is 9.01. The van der Waals surface area contributed by atoms with Crippen molar-refractivity contribution in [3.8, 4) is 16.9 Å². The minimum atomic E-state index is -0.743. The third kappa shape index (κ3) is 1.69. The van der Waals surface area contributed by atoms with E-state index in [0.29, 0.717) is 10.9 Å². The van der Waals surface area contributed by atoms with Gasteiger partial charge >= 0.3 is 5.63 Å². The molecule has 2 aromatic heterocycles. The number of phenols is 1. The van der Waals surface area contributed by atoms with Gasteiger partial charge in [-0.2, -0.15) is 11.3 Å². The third-order valence-electron chi connectivity index (χ3n) is 2.63. The van der Waals surface area contributed by atoms with E-state index in [1.54, 1.807) is 12.1 Å². The summed E-state index contributed by atoms with van der Waals surface area (Å²) in [6, 6.07) is 5.60. The molecule has 0 fully saturated rings. The monoisotopic (exact) mass is 262 g/mol. The summed E-state index contributed by atoms with van der Waals surface area (Å²) < 4.78 is 18.3. The summed E-state index contributed by atoms with van der Waals surface area (Å²) in [5, 5.41) is 13.3. The minimum absolute atomic E-state index is 0.165. The molecule has 3 aromatic rings. The van der Waals surface area contributed by atoms with Crippen molar-refractivity contribution in [3.05, 3.63) is 51.3 Å². The van der Waals surface area contributed by atoms with Crippen LogP contribution in [-0.2, 0) is 0 Å². The molecule has 0 spiro atoms. The molecule has 0 aliphatic rings. The standard InChI is InChI=1S/C13H7FO3S/c14-10-4-8-3-9(7-1-2-18-6-7)13(16)17-12(8)5-11(10)15/h1-6,15H. The second kappa shape index (κ2) is 3.96. The smallest absolute Gasteiger partial charge is 0.344 e. The molecule has 3 rings (SSSR count). The van der Waals surface area contributed by atoms with Crippen molar-refractivity contribution in [1.82, 2.24) is 0 Å². The van der Waals surface area contributed by atoms with Crippen LogP contribution < -0.4 is 5.63 Å². The Balaban J connectivity index is 2.33. The maximum atomic E-state index is 13.3. The van der Waals surface area contributed by atoms with E-state index in [4.69, 9.17) is 4.42 Å². The molecule has 0 atom stereocenters. The van der Waals surface area contributed by atoms with E-state index < -0.39 is 17.2 Å². The lowest BCUT2D eigenvalue weighted by Gasteiger charge is -2.02. The van der Waals surface area contributed by atoms with Gasteiger partial charge in [0, 0.05) is 11.5 Å². The Morgan fingerprint density at radius 2 is 2.11 bits per heavy atom. The highest BCUT2D eigenvalue weighted by Gasteiger charge is 2.10. The Morgan fingerprint density at radius 3 is 2.83 bits per heavy atom. The van der Waals surface area contributed by atoms with Crippen LogP contribution in [0.1, 0.15) is 0 Å². The lowest BCUT2D eigenvalue weighted by Crippen LogP contribution is -2.02. The zero-order chi connectivity index (χ0) is 12.7. The summed E-state index contributed by atoms with van der Waals surface area (Å²) in [5.74, 6) is -1.28. The topological polar surface area (TPSA) is 50.4 Å². The van der Waals surface area contributed by atoms with Crippen LogP contribution >= 0.6 is 11.3 Å². The quantitative estimate of drug-likeness (QED) is 0.684. The molecule has 2 heterocycles. The normalized spacial score (nSPS) is 10.9. The van der Waals surface area contributed by atoms with Crippen LogP contribution in [0, 0.1) is 5.82 Å². The molecule has 3 nitrogen and oxygen atoms in total. The highest BCUT2D eigenvalue weighted by atomic mass is 32.1. The lowest BCUT2D eigenvalue weighted by molar-refractivity contribution is 0.431. The molecule has 90 valence electrons. The van der Waals surface area contributed by atoms with Gasteiger partial charge < -0.3 is 9.52 Å². The van der Waals surface area contributed by atoms with Gasteiger partial charge in [-0.1, -0.05) is 0 Å². The number of hydrogen-bond donors (Lipinski definition) is 1. The van der Waals surface area contributed by atoms with Crippen LogP contribution in [-0.4, -0.2) is 5.11 Å². The fourth-order valence-corrected chi connectivity index (χ4v) is 2.40. The first-order valence-corrected chi connectivity index (χ1v) is 6.08. The van der Waals surface area contributed by atoms with Crippen LogP contribution in [0.3, 0.4) is 0 Å². The Hall–Kier alpha value is -2.14. The van der Waals surface area contributed by atoms with Gasteiger partial charge in [-0.05, 0) is 34.5 Å². The number of rotatable bonds is 1. The van der Waals surface area contributed by atoms with Crippen molar-refractivity contribution < 1.29 is 13.9 Å². The Morgan fingerprint density at radius 1 is 1.28 bits per heavy atom. The van der Waals surface area contributed by atoms with Gasteiger partial charge in [0.05, 0.1) is 5.56 Å². The van der Waals surface area contributed by atoms with Crippen molar-refractivity contribution >= 4 is 22.3 Å². The largest absolute Gasteiger partial charge is 0.505 e. The number of halogens is 1. The average Bonchev–Trinajstić information content (AvgIpc) is 2.84. The summed E-state index contributed by atoms with van der Waals surface area (Å²) in [6.07, 6.45) is 0. The fourth-order valence-electron chi connectivity index (χ4n) is 1.75. The van der Waals surface area contributed by atoms with Gasteiger partial charge in [0.2, 0.25) is 0 Å². The third-order valence-corrected chi connectivity index (χ3v) is 3.32. The maximum absolute atomic E-state index is 13.3. The molecule has 0 saturated heterocycles. The molecule has 0 unspecified atom stereocenters. The van der Waals surface area contributed by atoms with Gasteiger partial charge in [-0.15, -0.1) is 0 Å². The molecule has 0 radical (unpaired) electrons. The van der Waals surface area contributed by atoms with Gasteiger partial charge in [-0.25, -0.2) is 9.18 Å². The number of phenolic OH excluding ortho intramolecular Hbond substituents is 1. The molecule has 0 amide bonds.